The number of carbonyl (C=O) groups excluding carboxylic acids is 1. The zero-order valence-corrected chi connectivity index (χ0v) is 13.6. The van der Waals surface area contributed by atoms with Crippen LogP contribution in [0.2, 0.25) is 0 Å². The summed E-state index contributed by atoms with van der Waals surface area (Å²) < 4.78 is 1.03. The maximum atomic E-state index is 11.9. The van der Waals surface area contributed by atoms with Gasteiger partial charge in [-0.25, -0.2) is 0 Å². The zero-order valence-electron chi connectivity index (χ0n) is 12.0. The van der Waals surface area contributed by atoms with Crippen molar-refractivity contribution >= 4 is 27.5 Å². The van der Waals surface area contributed by atoms with E-state index in [2.05, 4.69) is 40.1 Å². The molecule has 0 heterocycles. The van der Waals surface area contributed by atoms with Crippen LogP contribution in [0, 0.1) is 6.92 Å². The van der Waals surface area contributed by atoms with Gasteiger partial charge in [-0.2, -0.15) is 0 Å². The summed E-state index contributed by atoms with van der Waals surface area (Å²) in [6, 6.07) is 5.87. The fourth-order valence-corrected chi connectivity index (χ4v) is 2.29. The molecular formula is C15H23BrN2O. The molecule has 0 aliphatic heterocycles. The third-order valence-electron chi connectivity index (χ3n) is 3.08. The molecule has 0 atom stereocenters. The molecule has 1 aromatic rings. The first-order valence-electron chi connectivity index (χ1n) is 6.77. The Labute approximate surface area is 124 Å². The van der Waals surface area contributed by atoms with E-state index in [9.17, 15) is 4.79 Å². The molecule has 3 nitrogen and oxygen atoms in total. The van der Waals surface area contributed by atoms with Crippen LogP contribution in [-0.2, 0) is 4.79 Å². The Morgan fingerprint density at radius 1 is 1.37 bits per heavy atom. The summed E-state index contributed by atoms with van der Waals surface area (Å²) in [5, 5.41) is 2.96. The molecule has 0 unspecified atom stereocenters. The lowest BCUT2D eigenvalue weighted by Gasteiger charge is -2.16. The predicted octanol–water partition coefficient (Wildman–Crippen LogP) is 3.82. The Hall–Kier alpha value is -0.870. The Kier molecular flexibility index (Phi) is 7.10. The fraction of sp³-hybridized carbons (Fsp3) is 0.533. The number of anilines is 1. The second-order valence-corrected chi connectivity index (χ2v) is 5.83. The van der Waals surface area contributed by atoms with Gasteiger partial charge in [-0.15, -0.1) is 0 Å². The topological polar surface area (TPSA) is 32.3 Å². The van der Waals surface area contributed by atoms with E-state index in [-0.39, 0.29) is 5.91 Å². The van der Waals surface area contributed by atoms with Gasteiger partial charge in [0.15, 0.2) is 0 Å². The van der Waals surface area contributed by atoms with E-state index in [4.69, 9.17) is 0 Å². The minimum atomic E-state index is 0.0776. The number of hydrogen-bond donors (Lipinski definition) is 1. The first-order chi connectivity index (χ1) is 9.02. The van der Waals surface area contributed by atoms with Gasteiger partial charge in [-0.05, 0) is 50.7 Å². The second-order valence-electron chi connectivity index (χ2n) is 4.91. The predicted molar refractivity (Wildman–Crippen MR) is 84.5 cm³/mol. The van der Waals surface area contributed by atoms with Gasteiger partial charge in [0.05, 0.1) is 0 Å². The summed E-state index contributed by atoms with van der Waals surface area (Å²) in [5.41, 5.74) is 1.96. The fourth-order valence-electron chi connectivity index (χ4n) is 1.81. The van der Waals surface area contributed by atoms with Crippen molar-refractivity contribution in [2.45, 2.75) is 33.1 Å². The number of carbonyl (C=O) groups is 1. The molecule has 0 aromatic heterocycles. The molecule has 0 fully saturated rings. The van der Waals surface area contributed by atoms with Crippen molar-refractivity contribution in [3.8, 4) is 0 Å². The Morgan fingerprint density at radius 2 is 2.11 bits per heavy atom. The lowest BCUT2D eigenvalue weighted by molar-refractivity contribution is -0.116. The van der Waals surface area contributed by atoms with Crippen molar-refractivity contribution < 1.29 is 4.79 Å². The van der Waals surface area contributed by atoms with E-state index in [1.807, 2.05) is 25.1 Å². The molecule has 0 saturated heterocycles. The summed E-state index contributed by atoms with van der Waals surface area (Å²) in [7, 11) is 2.06. The SMILES string of the molecule is CCCCN(C)CCC(=O)Nc1ccc(Br)cc1C. The van der Waals surface area contributed by atoms with E-state index >= 15 is 0 Å². The van der Waals surface area contributed by atoms with Crippen LogP contribution in [0.25, 0.3) is 0 Å². The maximum Gasteiger partial charge on any atom is 0.225 e. The van der Waals surface area contributed by atoms with Gasteiger partial charge in [0, 0.05) is 23.1 Å². The highest BCUT2D eigenvalue weighted by Crippen LogP contribution is 2.20. The van der Waals surface area contributed by atoms with E-state index in [0.29, 0.717) is 6.42 Å². The van der Waals surface area contributed by atoms with Gasteiger partial charge in [-0.1, -0.05) is 29.3 Å². The van der Waals surface area contributed by atoms with Gasteiger partial charge in [0.25, 0.3) is 0 Å². The van der Waals surface area contributed by atoms with Gasteiger partial charge in [0.1, 0.15) is 0 Å². The number of nitrogens with zero attached hydrogens (tertiary/aromatic N) is 1. The number of benzene rings is 1. The average Bonchev–Trinajstić information content (AvgIpc) is 2.37. The summed E-state index contributed by atoms with van der Waals surface area (Å²) in [5.74, 6) is 0.0776. The van der Waals surface area contributed by atoms with Crippen LogP contribution >= 0.6 is 15.9 Å². The van der Waals surface area contributed by atoms with E-state index in [1.54, 1.807) is 0 Å². The van der Waals surface area contributed by atoms with Crippen LogP contribution < -0.4 is 5.32 Å². The minimum absolute atomic E-state index is 0.0776. The Bertz CT molecular complexity index is 421. The van der Waals surface area contributed by atoms with Crippen molar-refractivity contribution in [3.63, 3.8) is 0 Å². The third kappa shape index (κ3) is 6.21. The number of halogens is 1. The Morgan fingerprint density at radius 3 is 2.74 bits per heavy atom. The summed E-state index contributed by atoms with van der Waals surface area (Å²) >= 11 is 3.42. The molecule has 0 saturated carbocycles. The van der Waals surface area contributed by atoms with Gasteiger partial charge in [0.2, 0.25) is 5.91 Å². The number of hydrogen-bond acceptors (Lipinski definition) is 2. The number of nitrogens with one attached hydrogen (secondary N) is 1. The zero-order chi connectivity index (χ0) is 14.3. The van der Waals surface area contributed by atoms with Crippen molar-refractivity contribution in [1.82, 2.24) is 4.90 Å². The molecule has 0 aliphatic rings. The molecule has 0 aliphatic carbocycles. The van der Waals surface area contributed by atoms with Crippen LogP contribution in [0.15, 0.2) is 22.7 Å². The lowest BCUT2D eigenvalue weighted by Crippen LogP contribution is -2.25. The molecule has 106 valence electrons. The van der Waals surface area contributed by atoms with E-state index in [1.165, 1.54) is 12.8 Å². The first kappa shape index (κ1) is 16.2. The monoisotopic (exact) mass is 326 g/mol. The molecule has 19 heavy (non-hydrogen) atoms. The molecule has 4 heteroatoms. The average molecular weight is 327 g/mol. The highest BCUT2D eigenvalue weighted by molar-refractivity contribution is 9.10. The van der Waals surface area contributed by atoms with Crippen LogP contribution in [0.1, 0.15) is 31.7 Å². The number of amides is 1. The molecule has 0 bridgehead atoms. The smallest absolute Gasteiger partial charge is 0.225 e. The molecule has 1 amide bonds. The van der Waals surface area contributed by atoms with Crippen LogP contribution in [-0.4, -0.2) is 30.9 Å². The third-order valence-corrected chi connectivity index (χ3v) is 3.57. The lowest BCUT2D eigenvalue weighted by atomic mass is 10.2. The molecule has 1 aromatic carbocycles. The van der Waals surface area contributed by atoms with E-state index < -0.39 is 0 Å². The maximum absolute atomic E-state index is 11.9. The van der Waals surface area contributed by atoms with Crippen LogP contribution in [0.4, 0.5) is 5.69 Å². The number of rotatable bonds is 7. The van der Waals surface area contributed by atoms with Gasteiger partial charge >= 0.3 is 0 Å². The van der Waals surface area contributed by atoms with Crippen LogP contribution in [0.3, 0.4) is 0 Å². The molecular weight excluding hydrogens is 304 g/mol. The van der Waals surface area contributed by atoms with Crippen molar-refractivity contribution in [2.24, 2.45) is 0 Å². The van der Waals surface area contributed by atoms with E-state index in [0.717, 1.165) is 28.8 Å². The largest absolute Gasteiger partial charge is 0.326 e. The molecule has 1 N–H and O–H groups in total. The van der Waals surface area contributed by atoms with Crippen LogP contribution in [0.5, 0.6) is 0 Å². The summed E-state index contributed by atoms with van der Waals surface area (Å²) in [6.45, 7) is 6.03. The normalized spacial score (nSPS) is 10.8. The number of unbranched alkanes of at least 4 members (excludes halogenated alkanes) is 1. The summed E-state index contributed by atoms with van der Waals surface area (Å²) in [4.78, 5) is 14.1. The molecule has 0 radical (unpaired) electrons. The first-order valence-corrected chi connectivity index (χ1v) is 7.56. The standard InChI is InChI=1S/C15H23BrN2O/c1-4-5-9-18(3)10-8-15(19)17-14-7-6-13(16)11-12(14)2/h6-7,11H,4-5,8-10H2,1-3H3,(H,17,19). The molecule has 1 rings (SSSR count). The van der Waals surface area contributed by atoms with Crippen molar-refractivity contribution in [1.29, 1.82) is 0 Å². The highest BCUT2D eigenvalue weighted by Gasteiger charge is 2.06. The minimum Gasteiger partial charge on any atom is -0.326 e. The summed E-state index contributed by atoms with van der Waals surface area (Å²) in [6.07, 6.45) is 2.91. The van der Waals surface area contributed by atoms with Crippen molar-refractivity contribution in [3.05, 3.63) is 28.2 Å². The second kappa shape index (κ2) is 8.33. The quantitative estimate of drug-likeness (QED) is 0.826. The van der Waals surface area contributed by atoms with Gasteiger partial charge in [-0.3, -0.25) is 4.79 Å². The van der Waals surface area contributed by atoms with Gasteiger partial charge < -0.3 is 10.2 Å². The molecule has 0 spiro atoms. The number of aryl methyl sites for hydroxylation is 1. The highest BCUT2D eigenvalue weighted by atomic mass is 79.9. The Balaban J connectivity index is 2.38. The van der Waals surface area contributed by atoms with Crippen molar-refractivity contribution in [2.75, 3.05) is 25.5 Å².